The Morgan fingerprint density at radius 3 is 2.21 bits per heavy atom. The number of aryl methyl sites for hydroxylation is 3. The molecule has 1 aliphatic heterocycles. The number of benzene rings is 2. The van der Waals surface area contributed by atoms with Gasteiger partial charge < -0.3 is 15.1 Å². The maximum absolute atomic E-state index is 12.8. The summed E-state index contributed by atoms with van der Waals surface area (Å²) in [6.45, 7) is 8.82. The number of hydrogen-bond donors (Lipinski definition) is 1. The highest BCUT2D eigenvalue weighted by Gasteiger charge is 2.25. The van der Waals surface area contributed by atoms with Crippen LogP contribution in [-0.2, 0) is 12.8 Å². The average Bonchev–Trinajstić information content (AvgIpc) is 2.82. The van der Waals surface area contributed by atoms with Crippen LogP contribution in [0.25, 0.3) is 0 Å². The second-order valence-corrected chi connectivity index (χ2v) is 8.85. The number of rotatable bonds is 5. The fourth-order valence-corrected chi connectivity index (χ4v) is 4.27. The standard InChI is InChI=1S/C26H30ClN5O/c1-4-20-7-11-23(12-8-20)30-26(33)32-15-13-31(14-16-32)25-24(18(2)28-19(3)29-25)17-21-5-9-22(27)10-6-21/h5-12H,4,13-17H2,1-3H3,(H,30,33). The number of carbonyl (C=O) groups is 1. The normalized spacial score (nSPS) is 13.8. The van der Waals surface area contributed by atoms with Crippen LogP contribution < -0.4 is 10.2 Å². The fraction of sp³-hybridized carbons (Fsp3) is 0.346. The third-order valence-electron chi connectivity index (χ3n) is 6.08. The van der Waals surface area contributed by atoms with Gasteiger partial charge in [0.05, 0.1) is 0 Å². The minimum absolute atomic E-state index is 0.0599. The van der Waals surface area contributed by atoms with E-state index in [0.29, 0.717) is 13.1 Å². The Bertz CT molecular complexity index is 1110. The fourth-order valence-electron chi connectivity index (χ4n) is 4.14. The van der Waals surface area contributed by atoms with Gasteiger partial charge in [-0.2, -0.15) is 0 Å². The summed E-state index contributed by atoms with van der Waals surface area (Å²) in [7, 11) is 0. The predicted octanol–water partition coefficient (Wildman–Crippen LogP) is 5.25. The van der Waals surface area contributed by atoms with E-state index in [1.165, 1.54) is 11.1 Å². The molecule has 6 nitrogen and oxygen atoms in total. The van der Waals surface area contributed by atoms with E-state index in [-0.39, 0.29) is 6.03 Å². The smallest absolute Gasteiger partial charge is 0.321 e. The average molecular weight is 464 g/mol. The summed E-state index contributed by atoms with van der Waals surface area (Å²) >= 11 is 6.05. The van der Waals surface area contributed by atoms with Crippen molar-refractivity contribution in [2.75, 3.05) is 36.4 Å². The van der Waals surface area contributed by atoms with Crippen molar-refractivity contribution in [3.8, 4) is 0 Å². The quantitative estimate of drug-likeness (QED) is 0.561. The van der Waals surface area contributed by atoms with Crippen LogP contribution in [0.15, 0.2) is 48.5 Å². The van der Waals surface area contributed by atoms with Crippen LogP contribution in [0.4, 0.5) is 16.3 Å². The van der Waals surface area contributed by atoms with Gasteiger partial charge in [-0.15, -0.1) is 0 Å². The SMILES string of the molecule is CCc1ccc(NC(=O)N2CCN(c3nc(C)nc(C)c3Cc3ccc(Cl)cc3)CC2)cc1. The first-order valence-electron chi connectivity index (χ1n) is 11.4. The van der Waals surface area contributed by atoms with E-state index < -0.39 is 0 Å². The van der Waals surface area contributed by atoms with Gasteiger partial charge in [0.1, 0.15) is 11.6 Å². The number of piperazine rings is 1. The lowest BCUT2D eigenvalue weighted by Gasteiger charge is -2.36. The van der Waals surface area contributed by atoms with Crippen LogP contribution in [0.3, 0.4) is 0 Å². The first-order chi connectivity index (χ1) is 15.9. The first kappa shape index (κ1) is 23.1. The van der Waals surface area contributed by atoms with Gasteiger partial charge in [-0.25, -0.2) is 14.8 Å². The van der Waals surface area contributed by atoms with E-state index in [1.54, 1.807) is 0 Å². The van der Waals surface area contributed by atoms with Gasteiger partial charge in [-0.05, 0) is 55.7 Å². The van der Waals surface area contributed by atoms with Gasteiger partial charge in [-0.1, -0.05) is 42.8 Å². The highest BCUT2D eigenvalue weighted by molar-refractivity contribution is 6.30. The molecule has 0 bridgehead atoms. The molecule has 1 fully saturated rings. The largest absolute Gasteiger partial charge is 0.353 e. The Balaban J connectivity index is 1.44. The van der Waals surface area contributed by atoms with E-state index in [9.17, 15) is 4.79 Å². The Hall–Kier alpha value is -3.12. The van der Waals surface area contributed by atoms with Crippen LogP contribution in [0.5, 0.6) is 0 Å². The molecule has 0 aliphatic carbocycles. The molecule has 0 atom stereocenters. The van der Waals surface area contributed by atoms with Crippen LogP contribution in [0, 0.1) is 13.8 Å². The number of hydrogen-bond acceptors (Lipinski definition) is 4. The molecule has 3 aromatic rings. The molecule has 1 N–H and O–H groups in total. The molecule has 2 aromatic carbocycles. The summed E-state index contributed by atoms with van der Waals surface area (Å²) in [5, 5.41) is 3.74. The maximum Gasteiger partial charge on any atom is 0.321 e. The highest BCUT2D eigenvalue weighted by atomic mass is 35.5. The number of halogens is 1. The summed E-state index contributed by atoms with van der Waals surface area (Å²) < 4.78 is 0. The molecule has 172 valence electrons. The Morgan fingerprint density at radius 1 is 0.939 bits per heavy atom. The molecule has 1 aliphatic rings. The molecule has 2 heterocycles. The zero-order valence-electron chi connectivity index (χ0n) is 19.4. The monoisotopic (exact) mass is 463 g/mol. The van der Waals surface area contributed by atoms with Crippen molar-refractivity contribution in [3.05, 3.63) is 81.8 Å². The van der Waals surface area contributed by atoms with Crippen molar-refractivity contribution in [3.63, 3.8) is 0 Å². The minimum atomic E-state index is -0.0599. The summed E-state index contributed by atoms with van der Waals surface area (Å²) in [6.07, 6.45) is 1.73. The summed E-state index contributed by atoms with van der Waals surface area (Å²) in [5.41, 5.74) is 5.36. The number of nitrogens with zero attached hydrogens (tertiary/aromatic N) is 4. The van der Waals surface area contributed by atoms with Gasteiger partial charge in [0.15, 0.2) is 0 Å². The van der Waals surface area contributed by atoms with E-state index >= 15 is 0 Å². The van der Waals surface area contributed by atoms with Crippen molar-refractivity contribution in [1.29, 1.82) is 0 Å². The van der Waals surface area contributed by atoms with Crippen molar-refractivity contribution >= 4 is 29.1 Å². The van der Waals surface area contributed by atoms with Crippen LogP contribution in [-0.4, -0.2) is 47.1 Å². The first-order valence-corrected chi connectivity index (χ1v) is 11.8. The van der Waals surface area contributed by atoms with Crippen molar-refractivity contribution in [2.24, 2.45) is 0 Å². The van der Waals surface area contributed by atoms with Gasteiger partial charge in [0.2, 0.25) is 0 Å². The molecule has 0 saturated carbocycles. The molecule has 1 aromatic heterocycles. The Morgan fingerprint density at radius 2 is 1.58 bits per heavy atom. The number of aromatic nitrogens is 2. The molecular formula is C26H30ClN5O. The van der Waals surface area contributed by atoms with E-state index in [2.05, 4.69) is 34.3 Å². The molecule has 33 heavy (non-hydrogen) atoms. The zero-order chi connectivity index (χ0) is 23.4. The number of anilines is 2. The third kappa shape index (κ3) is 5.63. The zero-order valence-corrected chi connectivity index (χ0v) is 20.2. The Kier molecular flexibility index (Phi) is 7.14. The molecule has 0 spiro atoms. The minimum Gasteiger partial charge on any atom is -0.353 e. The van der Waals surface area contributed by atoms with Crippen LogP contribution in [0.2, 0.25) is 5.02 Å². The summed E-state index contributed by atoms with van der Waals surface area (Å²) in [5.74, 6) is 1.73. The lowest BCUT2D eigenvalue weighted by molar-refractivity contribution is 0.208. The summed E-state index contributed by atoms with van der Waals surface area (Å²) in [4.78, 5) is 26.3. The predicted molar refractivity (Wildman–Crippen MR) is 134 cm³/mol. The van der Waals surface area contributed by atoms with Gasteiger partial charge >= 0.3 is 6.03 Å². The van der Waals surface area contributed by atoms with Gasteiger partial charge in [0, 0.05) is 54.6 Å². The number of carbonyl (C=O) groups excluding carboxylic acids is 1. The molecule has 0 radical (unpaired) electrons. The second kappa shape index (κ2) is 10.2. The number of urea groups is 1. The van der Waals surface area contributed by atoms with Crippen molar-refractivity contribution in [2.45, 2.75) is 33.6 Å². The lowest BCUT2D eigenvalue weighted by atomic mass is 10.0. The van der Waals surface area contributed by atoms with E-state index in [1.807, 2.05) is 55.1 Å². The van der Waals surface area contributed by atoms with E-state index in [4.69, 9.17) is 16.6 Å². The van der Waals surface area contributed by atoms with Crippen molar-refractivity contribution < 1.29 is 4.79 Å². The Labute approximate surface area is 200 Å². The van der Waals surface area contributed by atoms with Crippen LogP contribution >= 0.6 is 11.6 Å². The van der Waals surface area contributed by atoms with Crippen LogP contribution in [0.1, 0.15) is 35.1 Å². The molecule has 4 rings (SSSR count). The second-order valence-electron chi connectivity index (χ2n) is 8.42. The maximum atomic E-state index is 12.8. The van der Waals surface area contributed by atoms with E-state index in [0.717, 1.165) is 59.5 Å². The molecule has 1 saturated heterocycles. The molecule has 7 heteroatoms. The lowest BCUT2D eigenvalue weighted by Crippen LogP contribution is -2.50. The van der Waals surface area contributed by atoms with Crippen molar-refractivity contribution in [1.82, 2.24) is 14.9 Å². The summed E-state index contributed by atoms with van der Waals surface area (Å²) in [6, 6.07) is 15.9. The van der Waals surface area contributed by atoms with Gasteiger partial charge in [-0.3, -0.25) is 0 Å². The van der Waals surface area contributed by atoms with Gasteiger partial charge in [0.25, 0.3) is 0 Å². The number of nitrogens with one attached hydrogen (secondary N) is 1. The topological polar surface area (TPSA) is 61.4 Å². The molecule has 2 amide bonds. The molecule has 0 unspecified atom stereocenters. The molecular weight excluding hydrogens is 434 g/mol. The highest BCUT2D eigenvalue weighted by Crippen LogP contribution is 2.26. The number of amides is 2. The third-order valence-corrected chi connectivity index (χ3v) is 6.33.